The number of amides is 1. The molecule has 0 saturated carbocycles. The molecule has 70 valence electrons. The predicted octanol–water partition coefficient (Wildman–Crippen LogP) is 1.21. The zero-order valence-corrected chi connectivity index (χ0v) is 8.01. The van der Waals surface area contributed by atoms with Crippen LogP contribution in [0.15, 0.2) is 46.1 Å². The number of nitrogens with two attached hydrogens (primary N) is 1. The Bertz CT molecular complexity index is 457. The summed E-state index contributed by atoms with van der Waals surface area (Å²) in [7, 11) is 0. The van der Waals surface area contributed by atoms with E-state index in [0.29, 0.717) is 5.57 Å². The number of fused-ring (bicyclic) bond motifs is 1. The monoisotopic (exact) mass is 205 g/mol. The van der Waals surface area contributed by atoms with Crippen molar-refractivity contribution >= 4 is 17.7 Å². The fourth-order valence-electron chi connectivity index (χ4n) is 1.75. The summed E-state index contributed by atoms with van der Waals surface area (Å²) in [5, 5.41) is 0. The van der Waals surface area contributed by atoms with Crippen molar-refractivity contribution in [1.29, 1.82) is 0 Å². The van der Waals surface area contributed by atoms with Gasteiger partial charge in [0, 0.05) is 5.57 Å². The first-order chi connectivity index (χ1) is 6.77. The van der Waals surface area contributed by atoms with E-state index in [4.69, 9.17) is 10.5 Å². The fourth-order valence-corrected chi connectivity index (χ4v) is 3.01. The average Bonchev–Trinajstić information content (AvgIpc) is 2.66. The van der Waals surface area contributed by atoms with Gasteiger partial charge in [-0.2, -0.15) is 0 Å². The van der Waals surface area contributed by atoms with E-state index in [0.717, 1.165) is 16.2 Å². The van der Waals surface area contributed by atoms with Gasteiger partial charge in [-0.1, -0.05) is 30.0 Å². The van der Waals surface area contributed by atoms with E-state index in [-0.39, 0.29) is 5.44 Å². The van der Waals surface area contributed by atoms with Crippen LogP contribution in [0.2, 0.25) is 0 Å². The molecular formula is C10H7NO2S. The molecule has 0 aromatic heterocycles. The first-order valence-electron chi connectivity index (χ1n) is 4.24. The van der Waals surface area contributed by atoms with E-state index < -0.39 is 5.91 Å². The number of carbonyl (C=O) groups is 1. The van der Waals surface area contributed by atoms with Gasteiger partial charge in [-0.05, 0) is 6.08 Å². The molecule has 0 aromatic rings. The quantitative estimate of drug-likeness (QED) is 0.700. The van der Waals surface area contributed by atoms with Crippen LogP contribution in [0.5, 0.6) is 0 Å². The summed E-state index contributed by atoms with van der Waals surface area (Å²) in [6.07, 6.45) is 7.61. The number of thioether (sulfide) groups is 1. The number of hydrogen-bond acceptors (Lipinski definition) is 3. The van der Waals surface area contributed by atoms with Crippen LogP contribution < -0.4 is 5.73 Å². The van der Waals surface area contributed by atoms with Gasteiger partial charge in [0.05, 0.1) is 10.5 Å². The average molecular weight is 205 g/mol. The van der Waals surface area contributed by atoms with Gasteiger partial charge in [-0.15, -0.1) is 0 Å². The Morgan fingerprint density at radius 3 is 3.00 bits per heavy atom. The fraction of sp³-hybridized carbons (Fsp3) is 0.100. The summed E-state index contributed by atoms with van der Waals surface area (Å²) in [6, 6.07) is 0. The Morgan fingerprint density at radius 2 is 2.21 bits per heavy atom. The molecule has 2 heterocycles. The Balaban J connectivity index is 2.25. The van der Waals surface area contributed by atoms with Crippen LogP contribution in [0, 0.1) is 0 Å². The largest absolute Gasteiger partial charge is 0.473 e. The van der Waals surface area contributed by atoms with E-state index in [2.05, 4.69) is 0 Å². The molecule has 0 radical (unpaired) electrons. The van der Waals surface area contributed by atoms with Crippen LogP contribution in [0.25, 0.3) is 0 Å². The van der Waals surface area contributed by atoms with Gasteiger partial charge in [-0.3, -0.25) is 4.79 Å². The minimum absolute atomic E-state index is 0.222. The number of carbonyl (C=O) groups excluding carboxylic acids is 1. The second kappa shape index (κ2) is 2.54. The second-order valence-electron chi connectivity index (χ2n) is 3.17. The van der Waals surface area contributed by atoms with Crippen molar-refractivity contribution in [3.8, 4) is 0 Å². The lowest BCUT2D eigenvalue weighted by atomic mass is 10.1. The maximum atomic E-state index is 11.2. The maximum Gasteiger partial charge on any atom is 0.249 e. The Labute approximate surface area is 85.0 Å². The molecule has 3 aliphatic rings. The van der Waals surface area contributed by atoms with E-state index in [1.54, 1.807) is 11.8 Å². The molecule has 1 atom stereocenters. The zero-order valence-electron chi connectivity index (χ0n) is 7.19. The van der Waals surface area contributed by atoms with E-state index in [1.807, 2.05) is 24.3 Å². The summed E-state index contributed by atoms with van der Waals surface area (Å²) >= 11 is 1.55. The van der Waals surface area contributed by atoms with Gasteiger partial charge in [-0.25, -0.2) is 0 Å². The van der Waals surface area contributed by atoms with Gasteiger partial charge in [0.15, 0.2) is 5.44 Å². The van der Waals surface area contributed by atoms with Crippen molar-refractivity contribution in [2.45, 2.75) is 5.44 Å². The normalized spacial score (nSPS) is 27.0. The SMILES string of the molecule is NC(=O)C1=C2C=CC=CC3=C2SC1O3. The van der Waals surface area contributed by atoms with Crippen molar-refractivity contribution in [3.05, 3.63) is 46.1 Å². The second-order valence-corrected chi connectivity index (χ2v) is 4.24. The molecule has 2 aliphatic heterocycles. The molecule has 0 spiro atoms. The molecule has 1 aliphatic carbocycles. The standard InChI is InChI=1S/C10H7NO2S/c11-9(12)7-5-3-1-2-4-6-8(5)14-10(7)13-6/h1-4,10H,(H2,11,12). The molecule has 1 amide bonds. The Hall–Kier alpha value is -1.42. The summed E-state index contributed by atoms with van der Waals surface area (Å²) < 4.78 is 5.54. The van der Waals surface area contributed by atoms with Crippen LogP contribution >= 0.6 is 11.8 Å². The molecular weight excluding hydrogens is 198 g/mol. The van der Waals surface area contributed by atoms with E-state index in [1.165, 1.54) is 0 Å². The number of ether oxygens (including phenoxy) is 1. The van der Waals surface area contributed by atoms with Crippen LogP contribution in [0.4, 0.5) is 0 Å². The maximum absolute atomic E-state index is 11.2. The lowest BCUT2D eigenvalue weighted by molar-refractivity contribution is -0.115. The highest BCUT2D eigenvalue weighted by molar-refractivity contribution is 8.04. The molecule has 2 bridgehead atoms. The summed E-state index contributed by atoms with van der Waals surface area (Å²) in [5.74, 6) is 0.461. The number of hydrogen-bond donors (Lipinski definition) is 1. The highest BCUT2D eigenvalue weighted by atomic mass is 32.2. The first-order valence-corrected chi connectivity index (χ1v) is 5.12. The number of primary amides is 1. The molecule has 3 rings (SSSR count). The molecule has 1 unspecified atom stereocenters. The molecule has 2 N–H and O–H groups in total. The van der Waals surface area contributed by atoms with Gasteiger partial charge < -0.3 is 10.5 Å². The molecule has 4 heteroatoms. The Kier molecular flexibility index (Phi) is 1.44. The number of rotatable bonds is 1. The van der Waals surface area contributed by atoms with Crippen molar-refractivity contribution in [2.75, 3.05) is 0 Å². The van der Waals surface area contributed by atoms with Gasteiger partial charge in [0.1, 0.15) is 5.76 Å². The number of allylic oxidation sites excluding steroid dienone is 5. The lowest BCUT2D eigenvalue weighted by Crippen LogP contribution is -2.23. The van der Waals surface area contributed by atoms with Crippen molar-refractivity contribution in [2.24, 2.45) is 5.73 Å². The zero-order chi connectivity index (χ0) is 9.71. The first kappa shape index (κ1) is 7.94. The molecule has 0 fully saturated rings. The molecule has 3 nitrogen and oxygen atoms in total. The van der Waals surface area contributed by atoms with Crippen molar-refractivity contribution in [3.63, 3.8) is 0 Å². The van der Waals surface area contributed by atoms with Gasteiger partial charge >= 0.3 is 0 Å². The van der Waals surface area contributed by atoms with Gasteiger partial charge in [0.25, 0.3) is 0 Å². The Morgan fingerprint density at radius 1 is 1.43 bits per heavy atom. The van der Waals surface area contributed by atoms with Crippen molar-refractivity contribution in [1.82, 2.24) is 0 Å². The third kappa shape index (κ3) is 0.861. The highest BCUT2D eigenvalue weighted by Crippen LogP contribution is 2.52. The summed E-state index contributed by atoms with van der Waals surface area (Å²) in [6.45, 7) is 0. The van der Waals surface area contributed by atoms with Crippen LogP contribution in [0.3, 0.4) is 0 Å². The predicted molar refractivity (Wildman–Crippen MR) is 54.0 cm³/mol. The van der Waals surface area contributed by atoms with Crippen LogP contribution in [0.1, 0.15) is 0 Å². The molecule has 0 saturated heterocycles. The van der Waals surface area contributed by atoms with Crippen molar-refractivity contribution < 1.29 is 9.53 Å². The van der Waals surface area contributed by atoms with Crippen LogP contribution in [-0.4, -0.2) is 11.3 Å². The van der Waals surface area contributed by atoms with E-state index >= 15 is 0 Å². The minimum atomic E-state index is -0.391. The summed E-state index contributed by atoms with van der Waals surface area (Å²) in [4.78, 5) is 12.2. The third-order valence-electron chi connectivity index (χ3n) is 2.34. The molecule has 0 aromatic carbocycles. The third-order valence-corrected chi connectivity index (χ3v) is 3.54. The van der Waals surface area contributed by atoms with E-state index in [9.17, 15) is 4.79 Å². The topological polar surface area (TPSA) is 52.3 Å². The smallest absolute Gasteiger partial charge is 0.249 e. The lowest BCUT2D eigenvalue weighted by Gasteiger charge is -2.13. The summed E-state index contributed by atoms with van der Waals surface area (Å²) in [5.41, 5.74) is 6.60. The van der Waals surface area contributed by atoms with Crippen LogP contribution in [-0.2, 0) is 9.53 Å². The molecule has 14 heavy (non-hydrogen) atoms. The van der Waals surface area contributed by atoms with Gasteiger partial charge in [0.2, 0.25) is 5.91 Å². The minimum Gasteiger partial charge on any atom is -0.473 e. The highest BCUT2D eigenvalue weighted by Gasteiger charge is 2.41.